The van der Waals surface area contributed by atoms with Crippen molar-refractivity contribution in [1.29, 1.82) is 0 Å². The molecule has 0 unspecified atom stereocenters. The Kier molecular flexibility index (Phi) is 7.83. The normalized spacial score (nSPS) is 20.3. The Morgan fingerprint density at radius 1 is 0.800 bits per heavy atom. The van der Waals surface area contributed by atoms with Crippen molar-refractivity contribution in [3.05, 3.63) is 29.6 Å². The van der Waals surface area contributed by atoms with E-state index >= 15 is 0 Å². The Hall–Kier alpha value is -1.99. The molecular formula is C23H35N3O4. The van der Waals surface area contributed by atoms with Crippen LogP contribution in [0.5, 0.6) is 0 Å². The lowest BCUT2D eigenvalue weighted by Gasteiger charge is -2.36. The first-order valence-electron chi connectivity index (χ1n) is 11.2. The Labute approximate surface area is 179 Å². The molecule has 2 aliphatic rings. The number of nitrogens with one attached hydrogen (secondary N) is 2. The van der Waals surface area contributed by atoms with E-state index < -0.39 is 0 Å². The van der Waals surface area contributed by atoms with Crippen molar-refractivity contribution in [3.8, 4) is 0 Å². The van der Waals surface area contributed by atoms with Crippen LogP contribution in [0.3, 0.4) is 0 Å². The van der Waals surface area contributed by atoms with Crippen LogP contribution in [0.4, 0.5) is 0 Å². The lowest BCUT2D eigenvalue weighted by molar-refractivity contribution is -0.0364. The van der Waals surface area contributed by atoms with Crippen molar-refractivity contribution in [2.75, 3.05) is 27.3 Å². The third kappa shape index (κ3) is 5.58. The van der Waals surface area contributed by atoms with E-state index in [0.717, 1.165) is 51.4 Å². The number of hydrogen-bond acceptors (Lipinski definition) is 5. The summed E-state index contributed by atoms with van der Waals surface area (Å²) in [6.07, 6.45) is 10.6. The fourth-order valence-corrected chi connectivity index (χ4v) is 4.65. The molecule has 3 rings (SSSR count). The average molecular weight is 418 g/mol. The average Bonchev–Trinajstić information content (AvgIpc) is 2.82. The van der Waals surface area contributed by atoms with Crippen LogP contribution in [0.1, 0.15) is 85.2 Å². The summed E-state index contributed by atoms with van der Waals surface area (Å²) in [5, 5.41) is 5.89. The number of pyridine rings is 1. The van der Waals surface area contributed by atoms with Gasteiger partial charge in [-0.2, -0.15) is 0 Å². The van der Waals surface area contributed by atoms with E-state index in [0.29, 0.717) is 13.1 Å². The molecule has 0 atom stereocenters. The minimum Gasteiger partial charge on any atom is -0.376 e. The van der Waals surface area contributed by atoms with E-state index in [4.69, 9.17) is 9.47 Å². The largest absolute Gasteiger partial charge is 0.376 e. The second kappa shape index (κ2) is 10.4. The lowest BCUT2D eigenvalue weighted by atomic mass is 9.84. The second-order valence-electron chi connectivity index (χ2n) is 8.67. The standard InChI is InChI=1S/C23H35N3O4/c1-29-22(12-5-3-6-13-22)16-24-20(27)18-10-9-11-19(26-18)21(28)25-17-23(30-2)14-7-4-8-15-23/h9-11H,3-8,12-17H2,1-2H3,(H,24,27)(H,25,28). The number of rotatable bonds is 8. The number of nitrogens with zero attached hydrogens (tertiary/aromatic N) is 1. The summed E-state index contributed by atoms with van der Waals surface area (Å²) >= 11 is 0. The zero-order valence-corrected chi connectivity index (χ0v) is 18.3. The molecule has 2 N–H and O–H groups in total. The van der Waals surface area contributed by atoms with Crippen LogP contribution in [0.15, 0.2) is 18.2 Å². The third-order valence-electron chi connectivity index (χ3n) is 6.75. The first kappa shape index (κ1) is 22.7. The number of amides is 2. The van der Waals surface area contributed by atoms with Gasteiger partial charge in [-0.15, -0.1) is 0 Å². The zero-order chi connectivity index (χ0) is 21.5. The van der Waals surface area contributed by atoms with Gasteiger partial charge < -0.3 is 20.1 Å². The molecule has 1 aromatic rings. The van der Waals surface area contributed by atoms with Crippen molar-refractivity contribution in [2.45, 2.75) is 75.4 Å². The van der Waals surface area contributed by atoms with Crippen LogP contribution in [0, 0.1) is 0 Å². The number of methoxy groups -OCH3 is 2. The van der Waals surface area contributed by atoms with Gasteiger partial charge in [0.05, 0.1) is 11.2 Å². The maximum absolute atomic E-state index is 12.6. The fraction of sp³-hybridized carbons (Fsp3) is 0.696. The van der Waals surface area contributed by atoms with E-state index in [1.54, 1.807) is 32.4 Å². The van der Waals surface area contributed by atoms with Gasteiger partial charge in [-0.25, -0.2) is 4.98 Å². The number of hydrogen-bond donors (Lipinski definition) is 2. The van der Waals surface area contributed by atoms with Crippen LogP contribution in [-0.2, 0) is 9.47 Å². The minimum absolute atomic E-state index is 0.240. The highest BCUT2D eigenvalue weighted by Crippen LogP contribution is 2.31. The SMILES string of the molecule is COC1(CNC(=O)c2cccc(C(=O)NCC3(OC)CCCCC3)n2)CCCCC1. The lowest BCUT2D eigenvalue weighted by Crippen LogP contribution is -2.46. The highest BCUT2D eigenvalue weighted by atomic mass is 16.5. The summed E-state index contributed by atoms with van der Waals surface area (Å²) in [5.74, 6) is -0.570. The maximum Gasteiger partial charge on any atom is 0.270 e. The van der Waals surface area contributed by atoms with Crippen LogP contribution in [0.25, 0.3) is 0 Å². The molecule has 2 amide bonds. The number of aromatic nitrogens is 1. The number of carbonyl (C=O) groups is 2. The summed E-state index contributed by atoms with van der Waals surface area (Å²) in [4.78, 5) is 29.6. The molecule has 30 heavy (non-hydrogen) atoms. The summed E-state index contributed by atoms with van der Waals surface area (Å²) in [7, 11) is 3.42. The van der Waals surface area contributed by atoms with Crippen molar-refractivity contribution in [3.63, 3.8) is 0 Å². The van der Waals surface area contributed by atoms with E-state index in [-0.39, 0.29) is 34.4 Å². The summed E-state index contributed by atoms with van der Waals surface area (Å²) in [6, 6.07) is 4.95. The Morgan fingerprint density at radius 2 is 1.20 bits per heavy atom. The predicted octanol–water partition coefficient (Wildman–Crippen LogP) is 3.24. The topological polar surface area (TPSA) is 89.5 Å². The van der Waals surface area contributed by atoms with E-state index in [1.165, 1.54) is 12.8 Å². The van der Waals surface area contributed by atoms with Gasteiger partial charge in [0.25, 0.3) is 11.8 Å². The smallest absolute Gasteiger partial charge is 0.270 e. The molecule has 7 nitrogen and oxygen atoms in total. The van der Waals surface area contributed by atoms with E-state index in [1.807, 2.05) is 0 Å². The quantitative estimate of drug-likeness (QED) is 0.678. The molecule has 7 heteroatoms. The highest BCUT2D eigenvalue weighted by molar-refractivity contribution is 5.96. The molecule has 166 valence electrons. The summed E-state index contributed by atoms with van der Waals surface area (Å²) in [6.45, 7) is 0.910. The first-order chi connectivity index (χ1) is 14.5. The van der Waals surface area contributed by atoms with Gasteiger partial charge in [-0.1, -0.05) is 44.6 Å². The monoisotopic (exact) mass is 417 g/mol. The van der Waals surface area contributed by atoms with Gasteiger partial charge in [0.15, 0.2) is 0 Å². The van der Waals surface area contributed by atoms with Crippen molar-refractivity contribution in [1.82, 2.24) is 15.6 Å². The van der Waals surface area contributed by atoms with Crippen molar-refractivity contribution < 1.29 is 19.1 Å². The molecule has 2 aliphatic carbocycles. The Morgan fingerprint density at radius 3 is 1.57 bits per heavy atom. The Balaban J connectivity index is 1.57. The minimum atomic E-state index is -0.294. The van der Waals surface area contributed by atoms with Gasteiger partial charge in [0, 0.05) is 27.3 Å². The molecule has 0 aromatic carbocycles. The van der Waals surface area contributed by atoms with E-state index in [2.05, 4.69) is 15.6 Å². The van der Waals surface area contributed by atoms with Gasteiger partial charge >= 0.3 is 0 Å². The van der Waals surface area contributed by atoms with Gasteiger partial charge in [-0.3, -0.25) is 9.59 Å². The molecule has 0 radical (unpaired) electrons. The van der Waals surface area contributed by atoms with Gasteiger partial charge in [0.2, 0.25) is 0 Å². The molecule has 0 aliphatic heterocycles. The second-order valence-corrected chi connectivity index (χ2v) is 8.67. The molecule has 1 aromatic heterocycles. The molecule has 0 saturated heterocycles. The number of ether oxygens (including phenoxy) is 2. The van der Waals surface area contributed by atoms with Crippen LogP contribution >= 0.6 is 0 Å². The molecular weight excluding hydrogens is 382 g/mol. The van der Waals surface area contributed by atoms with Gasteiger partial charge in [0.1, 0.15) is 11.4 Å². The summed E-state index contributed by atoms with van der Waals surface area (Å²) in [5.41, 5.74) is -0.109. The van der Waals surface area contributed by atoms with Gasteiger partial charge in [-0.05, 0) is 37.8 Å². The first-order valence-corrected chi connectivity index (χ1v) is 11.2. The fourth-order valence-electron chi connectivity index (χ4n) is 4.65. The molecule has 2 fully saturated rings. The Bertz CT molecular complexity index is 668. The zero-order valence-electron chi connectivity index (χ0n) is 18.3. The van der Waals surface area contributed by atoms with Crippen LogP contribution < -0.4 is 10.6 Å². The maximum atomic E-state index is 12.6. The summed E-state index contributed by atoms with van der Waals surface area (Å²) < 4.78 is 11.5. The third-order valence-corrected chi connectivity index (χ3v) is 6.75. The van der Waals surface area contributed by atoms with Crippen LogP contribution in [-0.4, -0.2) is 55.3 Å². The van der Waals surface area contributed by atoms with Crippen molar-refractivity contribution >= 4 is 11.8 Å². The predicted molar refractivity (Wildman–Crippen MR) is 115 cm³/mol. The van der Waals surface area contributed by atoms with Crippen LogP contribution in [0.2, 0.25) is 0 Å². The van der Waals surface area contributed by atoms with Crippen molar-refractivity contribution in [2.24, 2.45) is 0 Å². The molecule has 2 saturated carbocycles. The number of carbonyl (C=O) groups excluding carboxylic acids is 2. The highest BCUT2D eigenvalue weighted by Gasteiger charge is 2.33. The molecule has 0 bridgehead atoms. The van der Waals surface area contributed by atoms with E-state index in [9.17, 15) is 9.59 Å². The molecule has 0 spiro atoms. The molecule has 1 heterocycles.